The maximum absolute atomic E-state index is 13.2. The fraction of sp³-hybridized carbons (Fsp3) is 0.720. The van der Waals surface area contributed by atoms with Crippen LogP contribution in [0.1, 0.15) is 64.9 Å². The molecular formula is C25H43FN4O2. The highest BCUT2D eigenvalue weighted by atomic mass is 19.1. The fourth-order valence-electron chi connectivity index (χ4n) is 4.19. The standard InChI is InChI=1S/C13H19FN2O.C8H16.C4H8N2O/c1-10-7-12(3-4-13(10)14)15-5-6-16(9-17)11(2)8-15;1-7-5-3-4-6-8(7)2;5-3-4(6-7)1-2-4/h3-4,7,11,17H,5-6,8-9H2,1-2H3;7-8H,3-6H2,1-2H3;3,5-7H,1-2H2/t11-;7-,8?;/m11./s1. The SMILES string of the molecule is CC1CCCC[C@H]1C.Cc1cc(N2CCN(CO)[C@H](C)C2)ccc1F.N=CC1(NO)CC1. The molecule has 2 aliphatic carbocycles. The molecule has 1 unspecified atom stereocenters. The van der Waals surface area contributed by atoms with Crippen LogP contribution in [0.3, 0.4) is 0 Å². The molecule has 1 heterocycles. The zero-order valence-electron chi connectivity index (χ0n) is 20.3. The van der Waals surface area contributed by atoms with Crippen LogP contribution in [-0.2, 0) is 0 Å². The Morgan fingerprint density at radius 2 is 1.78 bits per heavy atom. The highest BCUT2D eigenvalue weighted by Crippen LogP contribution is 2.31. The van der Waals surface area contributed by atoms with E-state index in [0.717, 1.165) is 50.0 Å². The first-order chi connectivity index (χ1) is 15.2. The minimum atomic E-state index is -0.319. The maximum Gasteiger partial charge on any atom is 0.126 e. The van der Waals surface area contributed by atoms with Gasteiger partial charge in [-0.05, 0) is 62.3 Å². The monoisotopic (exact) mass is 450 g/mol. The van der Waals surface area contributed by atoms with Crippen molar-refractivity contribution in [2.24, 2.45) is 11.8 Å². The molecule has 4 N–H and O–H groups in total. The largest absolute Gasteiger partial charge is 0.381 e. The van der Waals surface area contributed by atoms with Crippen LogP contribution < -0.4 is 10.4 Å². The summed E-state index contributed by atoms with van der Waals surface area (Å²) in [5.41, 5.74) is 3.48. The number of rotatable bonds is 4. The van der Waals surface area contributed by atoms with Crippen LogP contribution in [-0.4, -0.2) is 59.4 Å². The van der Waals surface area contributed by atoms with E-state index in [1.807, 2.05) is 17.0 Å². The zero-order chi connectivity index (χ0) is 23.7. The summed E-state index contributed by atoms with van der Waals surface area (Å²) in [5.74, 6) is 1.85. The van der Waals surface area contributed by atoms with Crippen molar-refractivity contribution >= 4 is 11.9 Å². The molecule has 2 saturated carbocycles. The number of hydrogen-bond acceptors (Lipinski definition) is 6. The topological polar surface area (TPSA) is 82.8 Å². The molecule has 3 fully saturated rings. The molecule has 0 radical (unpaired) electrons. The maximum atomic E-state index is 13.2. The Labute approximate surface area is 193 Å². The Morgan fingerprint density at radius 3 is 2.16 bits per heavy atom. The van der Waals surface area contributed by atoms with Gasteiger partial charge in [-0.15, -0.1) is 0 Å². The smallest absolute Gasteiger partial charge is 0.126 e. The minimum Gasteiger partial charge on any atom is -0.381 e. The molecule has 0 amide bonds. The van der Waals surface area contributed by atoms with E-state index < -0.39 is 0 Å². The van der Waals surface area contributed by atoms with Crippen molar-refractivity contribution in [1.29, 1.82) is 5.41 Å². The predicted octanol–water partition coefficient (Wildman–Crippen LogP) is 4.57. The van der Waals surface area contributed by atoms with E-state index in [0.29, 0.717) is 11.6 Å². The van der Waals surface area contributed by atoms with Gasteiger partial charge in [-0.25, -0.2) is 4.39 Å². The lowest BCUT2D eigenvalue weighted by Gasteiger charge is -2.40. The first kappa shape index (κ1) is 26.7. The summed E-state index contributed by atoms with van der Waals surface area (Å²) in [6, 6.07) is 5.55. The van der Waals surface area contributed by atoms with Gasteiger partial charge in [-0.3, -0.25) is 4.90 Å². The van der Waals surface area contributed by atoms with E-state index in [9.17, 15) is 4.39 Å². The number of hydrogen-bond donors (Lipinski definition) is 4. The van der Waals surface area contributed by atoms with Crippen LogP contribution in [0.5, 0.6) is 0 Å². The average molecular weight is 451 g/mol. The van der Waals surface area contributed by atoms with Gasteiger partial charge in [0, 0.05) is 37.6 Å². The second kappa shape index (κ2) is 12.6. The second-order valence-corrected chi connectivity index (χ2v) is 9.83. The van der Waals surface area contributed by atoms with Crippen molar-refractivity contribution in [2.75, 3.05) is 31.3 Å². The van der Waals surface area contributed by atoms with Gasteiger partial charge in [0.15, 0.2) is 0 Å². The van der Waals surface area contributed by atoms with E-state index in [1.54, 1.807) is 6.92 Å². The number of nitrogens with one attached hydrogen (secondary N) is 2. The molecular weight excluding hydrogens is 407 g/mol. The number of aryl methyl sites for hydroxylation is 1. The Hall–Kier alpha value is -1.54. The molecule has 182 valence electrons. The zero-order valence-corrected chi connectivity index (χ0v) is 20.3. The van der Waals surface area contributed by atoms with Crippen LogP contribution in [0.15, 0.2) is 18.2 Å². The molecule has 32 heavy (non-hydrogen) atoms. The van der Waals surface area contributed by atoms with E-state index in [1.165, 1.54) is 38.0 Å². The molecule has 1 saturated heterocycles. The van der Waals surface area contributed by atoms with Gasteiger partial charge >= 0.3 is 0 Å². The summed E-state index contributed by atoms with van der Waals surface area (Å²) in [7, 11) is 0. The lowest BCUT2D eigenvalue weighted by molar-refractivity contribution is 0.0664. The number of piperazine rings is 1. The molecule has 1 aromatic rings. The Morgan fingerprint density at radius 1 is 1.16 bits per heavy atom. The first-order valence-corrected chi connectivity index (χ1v) is 12.0. The quantitative estimate of drug-likeness (QED) is 0.399. The van der Waals surface area contributed by atoms with Gasteiger partial charge in [0.05, 0.1) is 12.3 Å². The Bertz CT molecular complexity index is 703. The highest BCUT2D eigenvalue weighted by Gasteiger charge is 2.40. The third kappa shape index (κ3) is 7.80. The molecule has 3 atom stereocenters. The van der Waals surface area contributed by atoms with Crippen molar-refractivity contribution in [3.8, 4) is 0 Å². The van der Waals surface area contributed by atoms with Crippen LogP contribution in [0.25, 0.3) is 0 Å². The molecule has 7 heteroatoms. The van der Waals surface area contributed by atoms with Crippen LogP contribution in [0.4, 0.5) is 10.1 Å². The summed E-state index contributed by atoms with van der Waals surface area (Å²) in [5, 5.41) is 24.1. The predicted molar refractivity (Wildman–Crippen MR) is 129 cm³/mol. The summed E-state index contributed by atoms with van der Waals surface area (Å²) in [6.07, 6.45) is 8.94. The number of anilines is 1. The number of halogens is 1. The Kier molecular flexibility index (Phi) is 10.5. The number of aliphatic hydroxyl groups excluding tert-OH is 1. The summed E-state index contributed by atoms with van der Waals surface area (Å²) in [6.45, 7) is 11.3. The molecule has 0 aromatic heterocycles. The van der Waals surface area contributed by atoms with Gasteiger partial charge in [0.25, 0.3) is 0 Å². The van der Waals surface area contributed by atoms with E-state index >= 15 is 0 Å². The number of aliphatic hydroxyl groups is 1. The molecule has 0 spiro atoms. The number of benzene rings is 1. The van der Waals surface area contributed by atoms with Crippen LogP contribution >= 0.6 is 0 Å². The molecule has 1 aromatic carbocycles. The van der Waals surface area contributed by atoms with Crippen LogP contribution in [0, 0.1) is 30.0 Å². The van der Waals surface area contributed by atoms with E-state index in [4.69, 9.17) is 15.7 Å². The van der Waals surface area contributed by atoms with E-state index in [-0.39, 0.29) is 18.1 Å². The van der Waals surface area contributed by atoms with Gasteiger partial charge in [0.2, 0.25) is 0 Å². The van der Waals surface area contributed by atoms with Crippen molar-refractivity contribution < 1.29 is 14.7 Å². The molecule has 0 bridgehead atoms. The third-order valence-corrected chi connectivity index (χ3v) is 7.28. The lowest BCUT2D eigenvalue weighted by Crippen LogP contribution is -2.52. The summed E-state index contributed by atoms with van der Waals surface area (Å²) in [4.78, 5) is 4.27. The summed E-state index contributed by atoms with van der Waals surface area (Å²) < 4.78 is 13.2. The van der Waals surface area contributed by atoms with Crippen LogP contribution in [0.2, 0.25) is 0 Å². The Balaban J connectivity index is 0.000000199. The first-order valence-electron chi connectivity index (χ1n) is 12.0. The van der Waals surface area contributed by atoms with Crippen molar-refractivity contribution in [2.45, 2.75) is 77.8 Å². The highest BCUT2D eigenvalue weighted by molar-refractivity contribution is 5.70. The minimum absolute atomic E-state index is 0.109. The number of hydroxylamine groups is 1. The second-order valence-electron chi connectivity index (χ2n) is 9.83. The molecule has 3 aliphatic rings. The molecule has 4 rings (SSSR count). The van der Waals surface area contributed by atoms with Gasteiger partial charge in [0.1, 0.15) is 5.82 Å². The van der Waals surface area contributed by atoms with Gasteiger partial charge in [-0.2, -0.15) is 5.48 Å². The molecule has 1 aliphatic heterocycles. The number of nitrogens with zero attached hydrogens (tertiary/aromatic N) is 2. The fourth-order valence-corrected chi connectivity index (χ4v) is 4.19. The normalized spacial score (nSPS) is 26.8. The van der Waals surface area contributed by atoms with Gasteiger partial charge in [-0.1, -0.05) is 39.5 Å². The van der Waals surface area contributed by atoms with Gasteiger partial charge < -0.3 is 20.6 Å². The molecule has 6 nitrogen and oxygen atoms in total. The van der Waals surface area contributed by atoms with E-state index in [2.05, 4.69) is 31.2 Å². The van der Waals surface area contributed by atoms with Crippen molar-refractivity contribution in [3.63, 3.8) is 0 Å². The summed E-state index contributed by atoms with van der Waals surface area (Å²) >= 11 is 0. The third-order valence-electron chi connectivity index (χ3n) is 7.28. The van der Waals surface area contributed by atoms with Crippen molar-refractivity contribution in [1.82, 2.24) is 10.4 Å². The average Bonchev–Trinajstić information content (AvgIpc) is 3.59. The lowest BCUT2D eigenvalue weighted by atomic mass is 9.82. The van der Waals surface area contributed by atoms with Crippen molar-refractivity contribution in [3.05, 3.63) is 29.6 Å².